The first kappa shape index (κ1) is 22.0. The van der Waals surface area contributed by atoms with Gasteiger partial charge in [-0.2, -0.15) is 0 Å². The second-order valence-electron chi connectivity index (χ2n) is 8.52. The third kappa shape index (κ3) is 4.36. The summed E-state index contributed by atoms with van der Waals surface area (Å²) < 4.78 is 25.9. The van der Waals surface area contributed by atoms with E-state index in [1.54, 1.807) is 12.1 Å². The maximum absolute atomic E-state index is 14.8. The molecule has 1 aliphatic carbocycles. The smallest absolute Gasteiger partial charge is 0.240 e. The number of benzene rings is 1. The largest absolute Gasteiger partial charge is 0.379 e. The van der Waals surface area contributed by atoms with Crippen LogP contribution in [0.1, 0.15) is 37.8 Å². The van der Waals surface area contributed by atoms with E-state index in [-0.39, 0.29) is 23.9 Å². The summed E-state index contributed by atoms with van der Waals surface area (Å²) in [6.07, 6.45) is 2.82. The number of morpholine rings is 2. The molecule has 30 heavy (non-hydrogen) atoms. The fraction of sp³-hybridized carbons (Fsp3) is 0.682. The number of carbonyl (C=O) groups excluding carboxylic acids is 1. The standard InChI is InChI=1S/C22H31ClFN3O3/c1-16-15-26(8-13-30-16)19(20-17(23)4-2-5-18(20)24)14-25-21(28)22(6-3-7-22)27-9-11-29-12-10-27/h2,4-5,16,19H,3,6-15H2,1H3,(H,25,28)/t16-,19-/m1/s1. The molecule has 0 unspecified atom stereocenters. The average molecular weight is 440 g/mol. The van der Waals surface area contributed by atoms with Crippen molar-refractivity contribution in [3.05, 3.63) is 34.6 Å². The molecule has 2 atom stereocenters. The number of ether oxygens (including phenoxy) is 2. The number of halogens is 2. The third-order valence-corrected chi connectivity index (χ3v) is 7.05. The molecule has 1 aromatic rings. The summed E-state index contributed by atoms with van der Waals surface area (Å²) >= 11 is 6.41. The van der Waals surface area contributed by atoms with Crippen LogP contribution in [0.2, 0.25) is 5.02 Å². The van der Waals surface area contributed by atoms with Crippen LogP contribution in [0.3, 0.4) is 0 Å². The molecular formula is C22H31ClFN3O3. The molecule has 1 saturated carbocycles. The molecule has 0 bridgehead atoms. The zero-order valence-corrected chi connectivity index (χ0v) is 18.3. The molecule has 0 radical (unpaired) electrons. The first-order valence-corrected chi connectivity index (χ1v) is 11.3. The number of amides is 1. The minimum Gasteiger partial charge on any atom is -0.379 e. The van der Waals surface area contributed by atoms with Gasteiger partial charge in [0, 0.05) is 43.3 Å². The normalized spacial score (nSPS) is 26.0. The fourth-order valence-corrected chi connectivity index (χ4v) is 5.20. The molecule has 4 rings (SSSR count). The summed E-state index contributed by atoms with van der Waals surface area (Å²) in [5.41, 5.74) is -0.00587. The Kier molecular flexibility index (Phi) is 6.95. The van der Waals surface area contributed by atoms with Crippen molar-refractivity contribution < 1.29 is 18.7 Å². The van der Waals surface area contributed by atoms with E-state index in [1.165, 1.54) is 6.07 Å². The van der Waals surface area contributed by atoms with Crippen LogP contribution in [0.25, 0.3) is 0 Å². The van der Waals surface area contributed by atoms with Gasteiger partial charge in [0.25, 0.3) is 0 Å². The van der Waals surface area contributed by atoms with E-state index >= 15 is 0 Å². The molecule has 2 aliphatic heterocycles. The van der Waals surface area contributed by atoms with E-state index in [9.17, 15) is 9.18 Å². The van der Waals surface area contributed by atoms with Gasteiger partial charge in [-0.15, -0.1) is 0 Å². The first-order chi connectivity index (χ1) is 14.5. The maximum atomic E-state index is 14.8. The van der Waals surface area contributed by atoms with Crippen LogP contribution in [-0.2, 0) is 14.3 Å². The predicted molar refractivity (Wildman–Crippen MR) is 113 cm³/mol. The number of nitrogens with one attached hydrogen (secondary N) is 1. The van der Waals surface area contributed by atoms with Crippen LogP contribution < -0.4 is 5.32 Å². The Hall–Kier alpha value is -1.25. The summed E-state index contributed by atoms with van der Waals surface area (Å²) in [5, 5.41) is 3.55. The van der Waals surface area contributed by atoms with Gasteiger partial charge >= 0.3 is 0 Å². The molecule has 3 fully saturated rings. The predicted octanol–water partition coefficient (Wildman–Crippen LogP) is 2.61. The highest BCUT2D eigenvalue weighted by molar-refractivity contribution is 6.31. The topological polar surface area (TPSA) is 54.0 Å². The second kappa shape index (κ2) is 9.49. The number of nitrogens with zero attached hydrogens (tertiary/aromatic N) is 2. The fourth-order valence-electron chi connectivity index (χ4n) is 4.92. The van der Waals surface area contributed by atoms with Crippen molar-refractivity contribution in [3.63, 3.8) is 0 Å². The second-order valence-corrected chi connectivity index (χ2v) is 8.93. The Morgan fingerprint density at radius 1 is 1.30 bits per heavy atom. The van der Waals surface area contributed by atoms with Gasteiger partial charge in [0.2, 0.25) is 5.91 Å². The minimum atomic E-state index is -0.453. The van der Waals surface area contributed by atoms with E-state index in [0.717, 1.165) is 32.4 Å². The van der Waals surface area contributed by atoms with Gasteiger partial charge in [-0.25, -0.2) is 4.39 Å². The molecule has 1 N–H and O–H groups in total. The Bertz CT molecular complexity index is 735. The highest BCUT2D eigenvalue weighted by Gasteiger charge is 2.49. The molecule has 2 saturated heterocycles. The van der Waals surface area contributed by atoms with Crippen LogP contribution >= 0.6 is 11.6 Å². The van der Waals surface area contributed by atoms with E-state index in [0.29, 0.717) is 50.0 Å². The van der Waals surface area contributed by atoms with Crippen LogP contribution in [-0.4, -0.2) is 79.9 Å². The number of rotatable bonds is 6. The average Bonchev–Trinajstić information content (AvgIpc) is 2.70. The van der Waals surface area contributed by atoms with Gasteiger partial charge in [-0.1, -0.05) is 17.7 Å². The highest BCUT2D eigenvalue weighted by atomic mass is 35.5. The lowest BCUT2D eigenvalue weighted by Crippen LogP contribution is -2.65. The third-order valence-electron chi connectivity index (χ3n) is 6.72. The van der Waals surface area contributed by atoms with Gasteiger partial charge in [-0.3, -0.25) is 14.6 Å². The van der Waals surface area contributed by atoms with Crippen LogP contribution in [0.4, 0.5) is 4.39 Å². The number of hydrogen-bond acceptors (Lipinski definition) is 5. The summed E-state index contributed by atoms with van der Waals surface area (Å²) in [7, 11) is 0. The van der Waals surface area contributed by atoms with Gasteiger partial charge < -0.3 is 14.8 Å². The Balaban J connectivity index is 1.52. The van der Waals surface area contributed by atoms with Crippen LogP contribution in [0, 0.1) is 5.82 Å². The maximum Gasteiger partial charge on any atom is 0.240 e. The Labute approximate surface area is 182 Å². The minimum absolute atomic E-state index is 0.0365. The summed E-state index contributed by atoms with van der Waals surface area (Å²) in [5.74, 6) is -0.304. The van der Waals surface area contributed by atoms with E-state index in [2.05, 4.69) is 15.1 Å². The number of hydrogen-bond donors (Lipinski definition) is 1. The van der Waals surface area contributed by atoms with Crippen molar-refractivity contribution in [1.82, 2.24) is 15.1 Å². The molecule has 0 aromatic heterocycles. The molecule has 3 aliphatic rings. The van der Waals surface area contributed by atoms with Crippen LogP contribution in [0.5, 0.6) is 0 Å². The molecular weight excluding hydrogens is 409 g/mol. The lowest BCUT2D eigenvalue weighted by molar-refractivity contribution is -0.145. The van der Waals surface area contributed by atoms with Gasteiger partial charge in [0.15, 0.2) is 0 Å². The zero-order chi connectivity index (χ0) is 21.1. The van der Waals surface area contributed by atoms with Crippen molar-refractivity contribution in [1.29, 1.82) is 0 Å². The lowest BCUT2D eigenvalue weighted by Gasteiger charge is -2.50. The van der Waals surface area contributed by atoms with Crippen molar-refractivity contribution >= 4 is 17.5 Å². The molecule has 166 valence electrons. The molecule has 8 heteroatoms. The van der Waals surface area contributed by atoms with Crippen molar-refractivity contribution in [3.8, 4) is 0 Å². The summed E-state index contributed by atoms with van der Waals surface area (Å²) in [6, 6.07) is 4.41. The van der Waals surface area contributed by atoms with Crippen molar-refractivity contribution in [2.45, 2.75) is 43.9 Å². The van der Waals surface area contributed by atoms with Gasteiger partial charge in [0.05, 0.1) is 32.0 Å². The molecule has 0 spiro atoms. The van der Waals surface area contributed by atoms with E-state index < -0.39 is 5.54 Å². The van der Waals surface area contributed by atoms with Crippen LogP contribution in [0.15, 0.2) is 18.2 Å². The summed E-state index contributed by atoms with van der Waals surface area (Å²) in [6.45, 7) is 7.11. The molecule has 1 aromatic carbocycles. The highest BCUT2D eigenvalue weighted by Crippen LogP contribution is 2.39. The van der Waals surface area contributed by atoms with E-state index in [4.69, 9.17) is 21.1 Å². The van der Waals surface area contributed by atoms with E-state index in [1.807, 2.05) is 6.92 Å². The van der Waals surface area contributed by atoms with Gasteiger partial charge in [-0.05, 0) is 38.3 Å². The Morgan fingerprint density at radius 3 is 2.70 bits per heavy atom. The Morgan fingerprint density at radius 2 is 2.07 bits per heavy atom. The van der Waals surface area contributed by atoms with Gasteiger partial charge in [0.1, 0.15) is 11.4 Å². The lowest BCUT2D eigenvalue weighted by atomic mass is 9.74. The summed E-state index contributed by atoms with van der Waals surface area (Å²) in [4.78, 5) is 17.8. The molecule has 1 amide bonds. The quantitative estimate of drug-likeness (QED) is 0.738. The van der Waals surface area contributed by atoms with Crippen molar-refractivity contribution in [2.75, 3.05) is 52.5 Å². The molecule has 6 nitrogen and oxygen atoms in total. The first-order valence-electron chi connectivity index (χ1n) is 10.9. The monoisotopic (exact) mass is 439 g/mol. The SMILES string of the molecule is C[C@@H]1CN([C@H](CNC(=O)C2(N3CCOCC3)CCC2)c2c(F)cccc2Cl)CCO1. The molecule has 2 heterocycles. The zero-order valence-electron chi connectivity index (χ0n) is 17.5. The number of carbonyl (C=O) groups is 1. The van der Waals surface area contributed by atoms with Crippen molar-refractivity contribution in [2.24, 2.45) is 0 Å².